The highest BCUT2D eigenvalue weighted by molar-refractivity contribution is 4.86. The minimum absolute atomic E-state index is 0.121. The van der Waals surface area contributed by atoms with E-state index in [-0.39, 0.29) is 11.2 Å². The molecule has 0 aliphatic rings. The van der Waals surface area contributed by atoms with Crippen molar-refractivity contribution in [1.82, 2.24) is 9.13 Å². The van der Waals surface area contributed by atoms with Crippen LogP contribution in [0, 0.1) is 0 Å². The molecule has 0 aliphatic carbocycles. The molecule has 0 atom stereocenters. The maximum atomic E-state index is 12.7. The third-order valence-electron chi connectivity index (χ3n) is 6.63. The van der Waals surface area contributed by atoms with Crippen molar-refractivity contribution in [1.29, 1.82) is 0 Å². The Labute approximate surface area is 197 Å². The van der Waals surface area contributed by atoms with Gasteiger partial charge in [-0.25, -0.2) is 4.79 Å². The number of hydrogen-bond acceptors (Lipinski definition) is 2. The van der Waals surface area contributed by atoms with E-state index in [0.717, 1.165) is 25.8 Å². The second-order valence-corrected chi connectivity index (χ2v) is 9.65. The summed E-state index contributed by atoms with van der Waals surface area (Å²) in [4.78, 5) is 24.9. The van der Waals surface area contributed by atoms with Crippen molar-refractivity contribution in [2.45, 2.75) is 155 Å². The lowest BCUT2D eigenvalue weighted by atomic mass is 10.1. The third-order valence-corrected chi connectivity index (χ3v) is 6.63. The van der Waals surface area contributed by atoms with Crippen molar-refractivity contribution >= 4 is 0 Å². The van der Waals surface area contributed by atoms with Crippen LogP contribution in [0.4, 0.5) is 0 Å². The van der Waals surface area contributed by atoms with Crippen LogP contribution in [0.1, 0.15) is 142 Å². The summed E-state index contributed by atoms with van der Waals surface area (Å²) >= 11 is 0. The van der Waals surface area contributed by atoms with E-state index in [0.29, 0.717) is 6.54 Å². The molecule has 0 bridgehead atoms. The van der Waals surface area contributed by atoms with Gasteiger partial charge in [-0.15, -0.1) is 0 Å². The van der Waals surface area contributed by atoms with Gasteiger partial charge in [0, 0.05) is 25.4 Å². The maximum Gasteiger partial charge on any atom is 0.330 e. The Kier molecular flexibility index (Phi) is 18.2. The Balaban J connectivity index is 2.17. The summed E-state index contributed by atoms with van der Waals surface area (Å²) < 4.78 is 3.18. The number of nitrogens with zero attached hydrogens (tertiary/aromatic N) is 2. The molecule has 0 unspecified atom stereocenters. The van der Waals surface area contributed by atoms with Crippen LogP contribution in [-0.4, -0.2) is 9.13 Å². The second kappa shape index (κ2) is 20.3. The molecular weight excluding hydrogens is 396 g/mol. The predicted octanol–water partition coefficient (Wildman–Crippen LogP) is 7.85. The zero-order chi connectivity index (χ0) is 23.3. The van der Waals surface area contributed by atoms with E-state index in [1.54, 1.807) is 16.8 Å². The highest BCUT2D eigenvalue weighted by Gasteiger charge is 2.05. The number of hydrogen-bond donors (Lipinski definition) is 0. The average Bonchev–Trinajstić information content (AvgIpc) is 2.79. The normalized spacial score (nSPS) is 11.3. The highest BCUT2D eigenvalue weighted by atomic mass is 16.2. The predicted molar refractivity (Wildman–Crippen MR) is 139 cm³/mol. The van der Waals surface area contributed by atoms with Crippen molar-refractivity contribution < 1.29 is 0 Å². The van der Waals surface area contributed by atoms with E-state index < -0.39 is 0 Å². The van der Waals surface area contributed by atoms with Gasteiger partial charge < -0.3 is 4.57 Å². The summed E-state index contributed by atoms with van der Waals surface area (Å²) in [5, 5.41) is 0. The molecule has 0 saturated heterocycles. The van der Waals surface area contributed by atoms with Gasteiger partial charge in [0.05, 0.1) is 0 Å². The van der Waals surface area contributed by atoms with Gasteiger partial charge in [0.25, 0.3) is 5.56 Å². The molecule has 186 valence electrons. The first-order valence-electron chi connectivity index (χ1n) is 14.0. The fourth-order valence-corrected chi connectivity index (χ4v) is 4.46. The largest absolute Gasteiger partial charge is 0.330 e. The lowest BCUT2D eigenvalue weighted by Crippen LogP contribution is -2.39. The SMILES string of the molecule is CCCCCCCCCCCCn1ccc(=O)n(CCCCCCCCCCCC)c1=O. The van der Waals surface area contributed by atoms with Crippen molar-refractivity contribution in [3.63, 3.8) is 0 Å². The van der Waals surface area contributed by atoms with E-state index in [1.807, 2.05) is 0 Å². The van der Waals surface area contributed by atoms with Crippen molar-refractivity contribution in [3.05, 3.63) is 33.1 Å². The van der Waals surface area contributed by atoms with Gasteiger partial charge in [0.15, 0.2) is 0 Å². The molecule has 0 spiro atoms. The van der Waals surface area contributed by atoms with Gasteiger partial charge in [0.1, 0.15) is 0 Å². The molecule has 0 aliphatic heterocycles. The first kappa shape index (κ1) is 28.7. The highest BCUT2D eigenvalue weighted by Crippen LogP contribution is 2.11. The van der Waals surface area contributed by atoms with Crippen LogP contribution >= 0.6 is 0 Å². The average molecular weight is 449 g/mol. The number of aryl methyl sites for hydroxylation is 1. The van der Waals surface area contributed by atoms with Crippen LogP contribution in [0.5, 0.6) is 0 Å². The molecule has 32 heavy (non-hydrogen) atoms. The summed E-state index contributed by atoms with van der Waals surface area (Å²) in [6.07, 6.45) is 27.2. The zero-order valence-electron chi connectivity index (χ0n) is 21.4. The Morgan fingerprint density at radius 2 is 0.906 bits per heavy atom. The summed E-state index contributed by atoms with van der Waals surface area (Å²) in [5.41, 5.74) is -0.269. The quantitative estimate of drug-likeness (QED) is 0.169. The lowest BCUT2D eigenvalue weighted by molar-refractivity contribution is 0.484. The van der Waals surface area contributed by atoms with Crippen molar-refractivity contribution in [2.75, 3.05) is 0 Å². The minimum atomic E-state index is -0.148. The van der Waals surface area contributed by atoms with Crippen LogP contribution < -0.4 is 11.2 Å². The lowest BCUT2D eigenvalue weighted by Gasteiger charge is -2.10. The molecule has 1 heterocycles. The van der Waals surface area contributed by atoms with Gasteiger partial charge in [-0.3, -0.25) is 9.36 Å². The van der Waals surface area contributed by atoms with E-state index >= 15 is 0 Å². The molecule has 0 fully saturated rings. The smallest absolute Gasteiger partial charge is 0.300 e. The Hall–Kier alpha value is -1.32. The Morgan fingerprint density at radius 3 is 1.34 bits per heavy atom. The standard InChI is InChI=1S/C28H52N2O2/c1-3-5-7-9-11-13-15-17-19-21-24-29-26-23-27(31)30(28(29)32)25-22-20-18-16-14-12-10-8-6-4-2/h23,26H,3-22,24-25H2,1-2H3. The fraction of sp³-hybridized carbons (Fsp3) is 0.857. The molecule has 1 aromatic rings. The summed E-state index contributed by atoms with van der Waals surface area (Å²) in [6, 6.07) is 1.56. The van der Waals surface area contributed by atoms with Crippen LogP contribution in [0.15, 0.2) is 21.9 Å². The third kappa shape index (κ3) is 14.0. The molecular formula is C28H52N2O2. The molecule has 0 N–H and O–H groups in total. The molecule has 0 saturated carbocycles. The number of rotatable bonds is 22. The van der Waals surface area contributed by atoms with E-state index in [9.17, 15) is 9.59 Å². The zero-order valence-corrected chi connectivity index (χ0v) is 21.4. The van der Waals surface area contributed by atoms with Gasteiger partial charge in [-0.1, -0.05) is 129 Å². The monoisotopic (exact) mass is 448 g/mol. The first-order valence-corrected chi connectivity index (χ1v) is 14.0. The van der Waals surface area contributed by atoms with Gasteiger partial charge in [0.2, 0.25) is 0 Å². The molecule has 1 aromatic heterocycles. The molecule has 1 rings (SSSR count). The topological polar surface area (TPSA) is 44.0 Å². The fourth-order valence-electron chi connectivity index (χ4n) is 4.46. The number of aromatic nitrogens is 2. The molecule has 0 radical (unpaired) electrons. The van der Waals surface area contributed by atoms with Crippen LogP contribution in [-0.2, 0) is 13.1 Å². The Bertz CT molecular complexity index is 662. The number of unbranched alkanes of at least 4 members (excludes halogenated alkanes) is 18. The molecule has 4 nitrogen and oxygen atoms in total. The summed E-state index contributed by atoms with van der Waals surface area (Å²) in [7, 11) is 0. The molecule has 0 amide bonds. The van der Waals surface area contributed by atoms with Crippen molar-refractivity contribution in [2.24, 2.45) is 0 Å². The van der Waals surface area contributed by atoms with E-state index in [2.05, 4.69) is 13.8 Å². The Morgan fingerprint density at radius 1 is 0.531 bits per heavy atom. The molecule has 0 aromatic carbocycles. The van der Waals surface area contributed by atoms with Crippen LogP contribution in [0.3, 0.4) is 0 Å². The van der Waals surface area contributed by atoms with Crippen LogP contribution in [0.25, 0.3) is 0 Å². The second-order valence-electron chi connectivity index (χ2n) is 9.65. The van der Waals surface area contributed by atoms with E-state index in [1.165, 1.54) is 114 Å². The van der Waals surface area contributed by atoms with Gasteiger partial charge in [-0.05, 0) is 12.8 Å². The minimum Gasteiger partial charge on any atom is -0.300 e. The van der Waals surface area contributed by atoms with Gasteiger partial charge >= 0.3 is 5.69 Å². The van der Waals surface area contributed by atoms with E-state index in [4.69, 9.17) is 0 Å². The van der Waals surface area contributed by atoms with Gasteiger partial charge in [-0.2, -0.15) is 0 Å². The van der Waals surface area contributed by atoms with Crippen molar-refractivity contribution in [3.8, 4) is 0 Å². The first-order chi connectivity index (χ1) is 15.7. The molecule has 4 heteroatoms. The summed E-state index contributed by atoms with van der Waals surface area (Å²) in [5.74, 6) is 0. The maximum absolute atomic E-state index is 12.7. The van der Waals surface area contributed by atoms with Crippen LogP contribution in [0.2, 0.25) is 0 Å². The summed E-state index contributed by atoms with van der Waals surface area (Å²) in [6.45, 7) is 5.81.